The van der Waals surface area contributed by atoms with Gasteiger partial charge in [0.25, 0.3) is 0 Å². The van der Waals surface area contributed by atoms with Gasteiger partial charge in [-0.3, -0.25) is 0 Å². The van der Waals surface area contributed by atoms with Crippen molar-refractivity contribution in [1.29, 1.82) is 0 Å². The SMILES string of the molecule is C=Cc1c(C)c(/C=C\CBr)n(-c2cccc(-c3ccccc3)c2)c1/C=C\C. The minimum Gasteiger partial charge on any atom is -0.310 e. The molecular formula is C25H24BrN. The van der Waals surface area contributed by atoms with E-state index < -0.39 is 0 Å². The summed E-state index contributed by atoms with van der Waals surface area (Å²) in [5, 5.41) is 0.823. The zero-order valence-electron chi connectivity index (χ0n) is 15.8. The molecule has 0 bridgehead atoms. The summed E-state index contributed by atoms with van der Waals surface area (Å²) in [7, 11) is 0. The van der Waals surface area contributed by atoms with Crippen molar-refractivity contribution in [1.82, 2.24) is 4.57 Å². The zero-order chi connectivity index (χ0) is 19.2. The molecule has 0 radical (unpaired) electrons. The van der Waals surface area contributed by atoms with Crippen LogP contribution in [0.2, 0.25) is 0 Å². The Bertz CT molecular complexity index is 991. The molecule has 0 spiro atoms. The van der Waals surface area contributed by atoms with Crippen molar-refractivity contribution in [2.24, 2.45) is 0 Å². The van der Waals surface area contributed by atoms with E-state index in [0.717, 1.165) is 16.7 Å². The highest BCUT2D eigenvalue weighted by Gasteiger charge is 2.16. The van der Waals surface area contributed by atoms with Gasteiger partial charge >= 0.3 is 0 Å². The van der Waals surface area contributed by atoms with Crippen LogP contribution in [0.4, 0.5) is 0 Å². The summed E-state index contributed by atoms with van der Waals surface area (Å²) in [4.78, 5) is 0. The van der Waals surface area contributed by atoms with Crippen molar-refractivity contribution >= 4 is 34.2 Å². The van der Waals surface area contributed by atoms with Crippen LogP contribution in [-0.2, 0) is 0 Å². The maximum absolute atomic E-state index is 4.05. The third-order valence-corrected chi connectivity index (χ3v) is 5.02. The van der Waals surface area contributed by atoms with Gasteiger partial charge in [0.15, 0.2) is 0 Å². The Kier molecular flexibility index (Phi) is 6.31. The highest BCUT2D eigenvalue weighted by Crippen LogP contribution is 2.31. The summed E-state index contributed by atoms with van der Waals surface area (Å²) in [6.07, 6.45) is 10.5. The number of hydrogen-bond donors (Lipinski definition) is 0. The first-order valence-electron chi connectivity index (χ1n) is 9.10. The topological polar surface area (TPSA) is 4.93 Å². The average Bonchev–Trinajstić information content (AvgIpc) is 2.98. The fourth-order valence-electron chi connectivity index (χ4n) is 3.42. The summed E-state index contributed by atoms with van der Waals surface area (Å²) < 4.78 is 2.32. The second-order valence-corrected chi connectivity index (χ2v) is 6.97. The Morgan fingerprint density at radius 3 is 2.37 bits per heavy atom. The van der Waals surface area contributed by atoms with Gasteiger partial charge in [-0.25, -0.2) is 0 Å². The van der Waals surface area contributed by atoms with Gasteiger partial charge in [0.2, 0.25) is 0 Å². The van der Waals surface area contributed by atoms with E-state index in [-0.39, 0.29) is 0 Å². The van der Waals surface area contributed by atoms with Crippen LogP contribution in [0, 0.1) is 6.92 Å². The number of hydrogen-bond acceptors (Lipinski definition) is 0. The van der Waals surface area contributed by atoms with E-state index in [1.807, 2.05) is 19.1 Å². The van der Waals surface area contributed by atoms with Crippen molar-refractivity contribution in [3.63, 3.8) is 0 Å². The van der Waals surface area contributed by atoms with Crippen LogP contribution in [0.5, 0.6) is 0 Å². The van der Waals surface area contributed by atoms with E-state index in [9.17, 15) is 0 Å². The molecule has 0 atom stereocenters. The smallest absolute Gasteiger partial charge is 0.0534 e. The molecule has 1 nitrogen and oxygen atoms in total. The molecule has 0 amide bonds. The predicted molar refractivity (Wildman–Crippen MR) is 124 cm³/mol. The molecule has 0 N–H and O–H groups in total. The van der Waals surface area contributed by atoms with E-state index in [1.165, 1.54) is 27.9 Å². The first-order chi connectivity index (χ1) is 13.2. The van der Waals surface area contributed by atoms with Crippen molar-refractivity contribution < 1.29 is 0 Å². The maximum atomic E-state index is 4.05. The van der Waals surface area contributed by atoms with Crippen LogP contribution in [0.1, 0.15) is 29.4 Å². The summed E-state index contributed by atoms with van der Waals surface area (Å²) in [5.74, 6) is 0. The number of rotatable bonds is 6. The van der Waals surface area contributed by atoms with Gasteiger partial charge in [0.1, 0.15) is 0 Å². The van der Waals surface area contributed by atoms with Gasteiger partial charge in [0, 0.05) is 22.3 Å². The Morgan fingerprint density at radius 1 is 0.963 bits per heavy atom. The standard InChI is InChI=1S/C25H24BrN/c1-4-11-25-23(5-2)19(3)24(16-10-17-26)27(25)22-15-9-14-21(18-22)20-12-7-6-8-13-20/h4-16,18H,2,17H2,1,3H3/b11-4-,16-10-. The van der Waals surface area contributed by atoms with Crippen molar-refractivity contribution in [3.8, 4) is 16.8 Å². The number of alkyl halides is 1. The first-order valence-corrected chi connectivity index (χ1v) is 10.2. The van der Waals surface area contributed by atoms with Gasteiger partial charge in [0.05, 0.1) is 5.69 Å². The molecule has 0 saturated carbocycles. The maximum Gasteiger partial charge on any atom is 0.0534 e. The molecule has 0 saturated heterocycles. The quantitative estimate of drug-likeness (QED) is 0.365. The van der Waals surface area contributed by atoms with Crippen molar-refractivity contribution in [2.45, 2.75) is 13.8 Å². The summed E-state index contributed by atoms with van der Waals surface area (Å²) in [6, 6.07) is 19.2. The molecule has 2 aromatic carbocycles. The second-order valence-electron chi connectivity index (χ2n) is 6.32. The third kappa shape index (κ3) is 3.91. The minimum atomic E-state index is 0.823. The van der Waals surface area contributed by atoms with Crippen molar-refractivity contribution in [2.75, 3.05) is 5.33 Å². The average molecular weight is 418 g/mol. The number of halogens is 1. The number of aromatic nitrogens is 1. The molecule has 0 unspecified atom stereocenters. The molecule has 2 heteroatoms. The molecule has 27 heavy (non-hydrogen) atoms. The number of nitrogens with zero attached hydrogens (tertiary/aromatic N) is 1. The van der Waals surface area contributed by atoms with E-state index in [0.29, 0.717) is 0 Å². The van der Waals surface area contributed by atoms with Gasteiger partial charge in [-0.15, -0.1) is 0 Å². The molecule has 0 fully saturated rings. The molecule has 1 heterocycles. The van der Waals surface area contributed by atoms with Crippen LogP contribution in [0.15, 0.2) is 73.3 Å². The minimum absolute atomic E-state index is 0.823. The zero-order valence-corrected chi connectivity index (χ0v) is 17.4. The van der Waals surface area contributed by atoms with E-state index in [4.69, 9.17) is 0 Å². The largest absolute Gasteiger partial charge is 0.310 e. The lowest BCUT2D eigenvalue weighted by molar-refractivity contribution is 1.04. The highest BCUT2D eigenvalue weighted by atomic mass is 79.9. The molecular weight excluding hydrogens is 394 g/mol. The molecule has 3 aromatic rings. The number of allylic oxidation sites excluding steroid dienone is 2. The molecule has 0 aliphatic heterocycles. The molecule has 0 aliphatic rings. The van der Waals surface area contributed by atoms with E-state index >= 15 is 0 Å². The summed E-state index contributed by atoms with van der Waals surface area (Å²) in [5.41, 5.74) is 8.33. The first kappa shape index (κ1) is 19.2. The van der Waals surface area contributed by atoms with Gasteiger partial charge in [-0.1, -0.05) is 83.2 Å². The van der Waals surface area contributed by atoms with Crippen LogP contribution in [-0.4, -0.2) is 9.90 Å². The lowest BCUT2D eigenvalue weighted by Gasteiger charge is -2.13. The van der Waals surface area contributed by atoms with Crippen molar-refractivity contribution in [3.05, 3.63) is 95.8 Å². The van der Waals surface area contributed by atoms with Gasteiger partial charge < -0.3 is 4.57 Å². The lowest BCUT2D eigenvalue weighted by Crippen LogP contribution is -2.00. The number of benzene rings is 2. The van der Waals surface area contributed by atoms with E-state index in [1.54, 1.807) is 0 Å². The lowest BCUT2D eigenvalue weighted by atomic mass is 10.1. The van der Waals surface area contributed by atoms with Crippen LogP contribution in [0.25, 0.3) is 35.0 Å². The fraction of sp³-hybridized carbons (Fsp3) is 0.120. The Morgan fingerprint density at radius 2 is 1.70 bits per heavy atom. The van der Waals surface area contributed by atoms with Gasteiger partial charge in [-0.2, -0.15) is 0 Å². The third-order valence-electron chi connectivity index (χ3n) is 4.65. The van der Waals surface area contributed by atoms with Crippen LogP contribution < -0.4 is 0 Å². The summed E-state index contributed by atoms with van der Waals surface area (Å²) >= 11 is 3.50. The molecule has 3 rings (SSSR count). The van der Waals surface area contributed by atoms with Crippen LogP contribution in [0.3, 0.4) is 0 Å². The highest BCUT2D eigenvalue weighted by molar-refractivity contribution is 9.09. The molecule has 0 aliphatic carbocycles. The Hall–Kier alpha value is -2.58. The predicted octanol–water partition coefficient (Wildman–Crippen LogP) is 7.54. The normalized spacial score (nSPS) is 11.5. The summed E-state index contributed by atoms with van der Waals surface area (Å²) in [6.45, 7) is 8.26. The Labute approximate surface area is 170 Å². The fourth-order valence-corrected chi connectivity index (χ4v) is 3.60. The van der Waals surface area contributed by atoms with Gasteiger partial charge in [-0.05, 0) is 54.8 Å². The second kappa shape index (κ2) is 8.88. The Balaban J connectivity index is 2.27. The van der Waals surface area contributed by atoms with Crippen LogP contribution >= 0.6 is 15.9 Å². The molecule has 1 aromatic heterocycles. The molecule has 136 valence electrons. The monoisotopic (exact) mass is 417 g/mol. The van der Waals surface area contributed by atoms with E-state index in [2.05, 4.69) is 107 Å².